The van der Waals surface area contributed by atoms with Crippen LogP contribution in [-0.4, -0.2) is 74.5 Å². The predicted molar refractivity (Wildman–Crippen MR) is 101 cm³/mol. The van der Waals surface area contributed by atoms with Crippen LogP contribution in [0.25, 0.3) is 0 Å². The third-order valence-electron chi connectivity index (χ3n) is 4.97. The number of carbonyl (C=O) groups is 3. The summed E-state index contributed by atoms with van der Waals surface area (Å²) in [6, 6.07) is 4.78. The van der Waals surface area contributed by atoms with Crippen molar-refractivity contribution in [1.29, 1.82) is 0 Å². The molecule has 2 amide bonds. The molecule has 30 heavy (non-hydrogen) atoms. The van der Waals surface area contributed by atoms with Crippen molar-refractivity contribution in [3.8, 4) is 5.75 Å². The van der Waals surface area contributed by atoms with E-state index < -0.39 is 23.7 Å². The Morgan fingerprint density at radius 1 is 1.23 bits per heavy atom. The highest BCUT2D eigenvalue weighted by Gasteiger charge is 2.52. The van der Waals surface area contributed by atoms with Crippen molar-refractivity contribution >= 4 is 17.8 Å². The van der Waals surface area contributed by atoms with E-state index in [1.165, 1.54) is 36.3 Å². The lowest BCUT2D eigenvalue weighted by atomic mass is 10.1. The second-order valence-corrected chi connectivity index (χ2v) is 7.05. The third kappa shape index (κ3) is 5.45. The van der Waals surface area contributed by atoms with Crippen LogP contribution >= 0.6 is 0 Å². The Morgan fingerprint density at radius 3 is 2.60 bits per heavy atom. The Morgan fingerprint density at radius 2 is 1.93 bits per heavy atom. The quantitative estimate of drug-likeness (QED) is 0.482. The molecule has 0 saturated carbocycles. The summed E-state index contributed by atoms with van der Waals surface area (Å²) in [5.74, 6) is -2.12. The van der Waals surface area contributed by atoms with Gasteiger partial charge in [-0.15, -0.1) is 0 Å². The van der Waals surface area contributed by atoms with Crippen LogP contribution < -0.4 is 10.1 Å². The normalized spacial score (nSPS) is 19.7. The van der Waals surface area contributed by atoms with E-state index in [0.29, 0.717) is 25.4 Å². The first-order valence-corrected chi connectivity index (χ1v) is 9.73. The fourth-order valence-corrected chi connectivity index (χ4v) is 3.47. The summed E-state index contributed by atoms with van der Waals surface area (Å²) in [7, 11) is 1.25. The van der Waals surface area contributed by atoms with Gasteiger partial charge in [0.15, 0.2) is 5.79 Å². The minimum atomic E-state index is -0.990. The number of likely N-dealkylation sites (tertiary alicyclic amines) is 1. The highest BCUT2D eigenvalue weighted by Crippen LogP contribution is 2.35. The van der Waals surface area contributed by atoms with Gasteiger partial charge in [0.2, 0.25) is 11.8 Å². The molecule has 3 rings (SSSR count). The van der Waals surface area contributed by atoms with Gasteiger partial charge in [0, 0.05) is 12.8 Å². The molecule has 2 heterocycles. The van der Waals surface area contributed by atoms with Crippen LogP contribution in [0.5, 0.6) is 5.75 Å². The van der Waals surface area contributed by atoms with E-state index in [-0.39, 0.29) is 44.3 Å². The summed E-state index contributed by atoms with van der Waals surface area (Å²) in [5, 5.41) is 2.55. The van der Waals surface area contributed by atoms with E-state index in [4.69, 9.17) is 18.9 Å². The highest BCUT2D eigenvalue weighted by molar-refractivity contribution is 5.89. The maximum absolute atomic E-state index is 12.8. The van der Waals surface area contributed by atoms with Crippen LogP contribution in [-0.2, 0) is 28.6 Å². The Labute approximate surface area is 173 Å². The van der Waals surface area contributed by atoms with E-state index in [1.54, 1.807) is 0 Å². The molecule has 2 aliphatic rings. The van der Waals surface area contributed by atoms with Crippen molar-refractivity contribution in [1.82, 2.24) is 10.2 Å². The minimum absolute atomic E-state index is 0.104. The molecule has 0 unspecified atom stereocenters. The molecular formula is C20H25FN2O7. The van der Waals surface area contributed by atoms with Crippen molar-refractivity contribution in [2.24, 2.45) is 0 Å². The lowest BCUT2D eigenvalue weighted by Crippen LogP contribution is -2.46. The summed E-state index contributed by atoms with van der Waals surface area (Å²) < 4.78 is 34.2. The molecule has 0 bridgehead atoms. The highest BCUT2D eigenvalue weighted by atomic mass is 19.1. The number of esters is 1. The van der Waals surface area contributed by atoms with Gasteiger partial charge in [0.05, 0.1) is 40.0 Å². The number of methoxy groups -OCH3 is 1. The van der Waals surface area contributed by atoms with Gasteiger partial charge in [-0.05, 0) is 30.7 Å². The van der Waals surface area contributed by atoms with Crippen LogP contribution in [0.15, 0.2) is 24.3 Å². The molecule has 2 saturated heterocycles. The van der Waals surface area contributed by atoms with Crippen LogP contribution in [0.4, 0.5) is 4.39 Å². The lowest BCUT2D eigenvalue weighted by Gasteiger charge is -2.23. The molecule has 1 atom stereocenters. The monoisotopic (exact) mass is 424 g/mol. The first kappa shape index (κ1) is 22.0. The minimum Gasteiger partial charge on any atom is -0.494 e. The third-order valence-corrected chi connectivity index (χ3v) is 4.97. The number of ether oxygens (including phenoxy) is 4. The molecule has 0 radical (unpaired) electrons. The van der Waals surface area contributed by atoms with Crippen LogP contribution in [0.3, 0.4) is 0 Å². The van der Waals surface area contributed by atoms with Gasteiger partial charge in [-0.25, -0.2) is 9.18 Å². The molecule has 2 fully saturated rings. The fraction of sp³-hybridized carbons (Fsp3) is 0.550. The molecule has 0 aliphatic carbocycles. The second-order valence-electron chi connectivity index (χ2n) is 7.05. The first-order chi connectivity index (χ1) is 14.4. The lowest BCUT2D eigenvalue weighted by molar-refractivity contribution is -0.152. The van der Waals surface area contributed by atoms with E-state index in [0.717, 1.165) is 0 Å². The molecule has 1 spiro atoms. The molecule has 10 heteroatoms. The molecular weight excluding hydrogens is 399 g/mol. The standard InChI is InChI=1S/C20H25FN2O7/c1-27-19(26)16-11-20(29-9-10-30-20)13-23(16)18(25)12-22-17(24)3-2-8-28-15-6-4-14(21)5-7-15/h4-7,16H,2-3,8-13H2,1H3,(H,22,24)/t16-/m0/s1. The van der Waals surface area contributed by atoms with Gasteiger partial charge in [0.1, 0.15) is 17.6 Å². The summed E-state index contributed by atoms with van der Waals surface area (Å²) in [5.41, 5.74) is 0. The summed E-state index contributed by atoms with van der Waals surface area (Å²) in [4.78, 5) is 38.0. The molecule has 0 aromatic heterocycles. The van der Waals surface area contributed by atoms with Crippen molar-refractivity contribution in [3.63, 3.8) is 0 Å². The van der Waals surface area contributed by atoms with Crippen molar-refractivity contribution in [3.05, 3.63) is 30.1 Å². The largest absolute Gasteiger partial charge is 0.494 e. The Kier molecular flexibility index (Phi) is 7.22. The number of carbonyl (C=O) groups excluding carboxylic acids is 3. The zero-order valence-corrected chi connectivity index (χ0v) is 16.7. The van der Waals surface area contributed by atoms with Gasteiger partial charge in [-0.1, -0.05) is 0 Å². The maximum atomic E-state index is 12.8. The SMILES string of the molecule is COC(=O)[C@@H]1CC2(CN1C(=O)CNC(=O)CCCOc1ccc(F)cc1)OCCO2. The number of rotatable bonds is 8. The van der Waals surface area contributed by atoms with Gasteiger partial charge < -0.3 is 29.2 Å². The number of amides is 2. The fourth-order valence-electron chi connectivity index (χ4n) is 3.47. The number of hydrogen-bond acceptors (Lipinski definition) is 7. The first-order valence-electron chi connectivity index (χ1n) is 9.73. The van der Waals surface area contributed by atoms with Gasteiger partial charge >= 0.3 is 5.97 Å². The molecule has 1 N–H and O–H groups in total. The molecule has 1 aromatic carbocycles. The number of hydrogen-bond donors (Lipinski definition) is 1. The zero-order valence-electron chi connectivity index (χ0n) is 16.7. The zero-order chi connectivity index (χ0) is 21.6. The van der Waals surface area contributed by atoms with Gasteiger partial charge in [-0.3, -0.25) is 9.59 Å². The Balaban J connectivity index is 1.41. The average Bonchev–Trinajstić information content (AvgIpc) is 3.37. The van der Waals surface area contributed by atoms with Crippen molar-refractivity contribution in [2.75, 3.05) is 40.0 Å². The van der Waals surface area contributed by atoms with Crippen LogP contribution in [0.1, 0.15) is 19.3 Å². The summed E-state index contributed by atoms with van der Waals surface area (Å²) in [6.07, 6.45) is 0.780. The van der Waals surface area contributed by atoms with Crippen molar-refractivity contribution in [2.45, 2.75) is 31.1 Å². The molecule has 164 valence electrons. The second kappa shape index (κ2) is 9.86. The summed E-state index contributed by atoms with van der Waals surface area (Å²) >= 11 is 0. The summed E-state index contributed by atoms with van der Waals surface area (Å²) in [6.45, 7) is 0.925. The topological polar surface area (TPSA) is 103 Å². The van der Waals surface area contributed by atoms with E-state index >= 15 is 0 Å². The smallest absolute Gasteiger partial charge is 0.328 e. The average molecular weight is 424 g/mol. The van der Waals surface area contributed by atoms with E-state index in [1.807, 2.05) is 0 Å². The van der Waals surface area contributed by atoms with Gasteiger partial charge in [0.25, 0.3) is 0 Å². The number of nitrogens with one attached hydrogen (secondary N) is 1. The van der Waals surface area contributed by atoms with E-state index in [9.17, 15) is 18.8 Å². The molecule has 9 nitrogen and oxygen atoms in total. The number of nitrogens with zero attached hydrogens (tertiary/aromatic N) is 1. The van der Waals surface area contributed by atoms with Crippen LogP contribution in [0.2, 0.25) is 0 Å². The molecule has 2 aliphatic heterocycles. The Bertz CT molecular complexity index is 765. The predicted octanol–water partition coefficient (Wildman–Crippen LogP) is 0.618. The van der Waals surface area contributed by atoms with Crippen molar-refractivity contribution < 1.29 is 37.7 Å². The Hall–Kier alpha value is -2.72. The molecule has 1 aromatic rings. The van der Waals surface area contributed by atoms with Gasteiger partial charge in [-0.2, -0.15) is 0 Å². The number of benzene rings is 1. The maximum Gasteiger partial charge on any atom is 0.328 e. The van der Waals surface area contributed by atoms with Crippen LogP contribution in [0, 0.1) is 5.82 Å². The van der Waals surface area contributed by atoms with E-state index in [2.05, 4.69) is 5.32 Å². The number of halogens is 1.